The first-order valence-corrected chi connectivity index (χ1v) is 7.71. The average molecular weight is 388 g/mol. The van der Waals surface area contributed by atoms with Crippen molar-refractivity contribution < 1.29 is 19.1 Å². The van der Waals surface area contributed by atoms with Crippen LogP contribution >= 0.6 is 34.8 Å². The van der Waals surface area contributed by atoms with Gasteiger partial charge in [-0.25, -0.2) is 9.36 Å². The summed E-state index contributed by atoms with van der Waals surface area (Å²) in [6, 6.07) is 9.01. The topological polar surface area (TPSA) is 84.5 Å². The van der Waals surface area contributed by atoms with Crippen LogP contribution in [-0.4, -0.2) is 25.4 Å². The molecule has 0 aliphatic heterocycles. The molecule has 3 aromatic rings. The van der Waals surface area contributed by atoms with E-state index in [4.69, 9.17) is 39.2 Å². The molecule has 0 unspecified atom stereocenters. The number of alkyl halides is 3. The molecule has 0 aliphatic carbocycles. The number of fused-ring (bicyclic) bond motifs is 1. The van der Waals surface area contributed by atoms with Crippen molar-refractivity contribution in [1.29, 1.82) is 0 Å². The van der Waals surface area contributed by atoms with Crippen LogP contribution in [0.5, 0.6) is 5.88 Å². The quantitative estimate of drug-likeness (QED) is 0.617. The fourth-order valence-corrected chi connectivity index (χ4v) is 2.38. The molecule has 9 heteroatoms. The van der Waals surface area contributed by atoms with Gasteiger partial charge in [-0.05, 0) is 30.3 Å². The number of hydrogen-bond donors (Lipinski definition) is 2. The molecule has 0 aliphatic rings. The van der Waals surface area contributed by atoms with Crippen molar-refractivity contribution in [2.75, 3.05) is 0 Å². The monoisotopic (exact) mass is 386 g/mol. The van der Waals surface area contributed by atoms with E-state index in [2.05, 4.69) is 0 Å². The van der Waals surface area contributed by atoms with Crippen molar-refractivity contribution in [2.45, 2.75) is 3.79 Å². The molecule has 1 aromatic carbocycles. The lowest BCUT2D eigenvalue weighted by molar-refractivity contribution is -0.119. The van der Waals surface area contributed by atoms with Crippen molar-refractivity contribution in [1.82, 2.24) is 9.88 Å². The van der Waals surface area contributed by atoms with Gasteiger partial charge >= 0.3 is 6.03 Å². The highest BCUT2D eigenvalue weighted by Crippen LogP contribution is 2.30. The number of hydrogen-bond acceptors (Lipinski definition) is 4. The van der Waals surface area contributed by atoms with Crippen LogP contribution in [0.2, 0.25) is 0 Å². The lowest BCUT2D eigenvalue weighted by Crippen LogP contribution is -2.40. The fourth-order valence-electron chi connectivity index (χ4n) is 2.23. The van der Waals surface area contributed by atoms with Gasteiger partial charge < -0.3 is 9.52 Å². The van der Waals surface area contributed by atoms with Gasteiger partial charge in [0.05, 0.1) is 11.8 Å². The van der Waals surface area contributed by atoms with E-state index in [1.165, 1.54) is 12.3 Å². The number of carbonyl (C=O) groups is 2. The molecule has 24 heavy (non-hydrogen) atoms. The number of nitrogens with one attached hydrogen (secondary N) is 1. The van der Waals surface area contributed by atoms with Crippen molar-refractivity contribution >= 4 is 57.6 Å². The second kappa shape index (κ2) is 6.05. The van der Waals surface area contributed by atoms with Crippen LogP contribution in [0.15, 0.2) is 47.1 Å². The number of amides is 2. The van der Waals surface area contributed by atoms with Crippen LogP contribution < -0.4 is 5.32 Å². The molecule has 0 saturated carbocycles. The molecular formula is C15H9Cl3N2O4. The van der Waals surface area contributed by atoms with E-state index >= 15 is 0 Å². The number of aromatic hydroxyl groups is 1. The Morgan fingerprint density at radius 1 is 1.17 bits per heavy atom. The van der Waals surface area contributed by atoms with Crippen LogP contribution in [0.1, 0.15) is 0 Å². The zero-order valence-electron chi connectivity index (χ0n) is 11.8. The van der Waals surface area contributed by atoms with Crippen molar-refractivity contribution in [3.8, 4) is 17.2 Å². The Labute approximate surface area is 150 Å². The lowest BCUT2D eigenvalue weighted by Gasteiger charge is -2.11. The molecular weight excluding hydrogens is 379 g/mol. The second-order valence-electron chi connectivity index (χ2n) is 4.85. The number of rotatable bonds is 1. The summed E-state index contributed by atoms with van der Waals surface area (Å²) in [7, 11) is 0. The van der Waals surface area contributed by atoms with E-state index in [9.17, 15) is 14.7 Å². The molecule has 124 valence electrons. The highest BCUT2D eigenvalue weighted by molar-refractivity contribution is 6.76. The average Bonchev–Trinajstić information content (AvgIpc) is 3.11. The van der Waals surface area contributed by atoms with E-state index in [0.29, 0.717) is 16.7 Å². The zero-order valence-corrected chi connectivity index (χ0v) is 14.1. The first-order chi connectivity index (χ1) is 11.3. The minimum absolute atomic E-state index is 0.365. The Balaban J connectivity index is 1.99. The van der Waals surface area contributed by atoms with Gasteiger partial charge in [0, 0.05) is 17.0 Å². The summed E-state index contributed by atoms with van der Waals surface area (Å²) < 4.78 is 3.91. The molecule has 0 spiro atoms. The van der Waals surface area contributed by atoms with Gasteiger partial charge in [-0.1, -0.05) is 34.8 Å². The van der Waals surface area contributed by atoms with E-state index in [1.807, 2.05) is 5.32 Å². The van der Waals surface area contributed by atoms with Gasteiger partial charge in [-0.2, -0.15) is 0 Å². The van der Waals surface area contributed by atoms with Crippen molar-refractivity contribution in [2.24, 2.45) is 0 Å². The van der Waals surface area contributed by atoms with Crippen LogP contribution in [-0.2, 0) is 4.79 Å². The Hall–Kier alpha value is -2.15. The maximum Gasteiger partial charge on any atom is 0.335 e. The number of nitrogens with zero attached hydrogens (tertiary/aromatic N) is 1. The van der Waals surface area contributed by atoms with Crippen molar-refractivity contribution in [3.63, 3.8) is 0 Å². The number of furan rings is 1. The van der Waals surface area contributed by atoms with Crippen LogP contribution in [0.4, 0.5) is 4.79 Å². The number of benzene rings is 1. The Kier molecular flexibility index (Phi) is 4.21. The summed E-state index contributed by atoms with van der Waals surface area (Å²) in [4.78, 5) is 23.8. The zero-order chi connectivity index (χ0) is 17.5. The third-order valence-corrected chi connectivity index (χ3v) is 3.78. The molecule has 6 nitrogen and oxygen atoms in total. The summed E-state index contributed by atoms with van der Waals surface area (Å²) in [5.74, 6) is -0.845. The van der Waals surface area contributed by atoms with E-state index in [0.717, 1.165) is 10.1 Å². The summed E-state index contributed by atoms with van der Waals surface area (Å²) in [6.45, 7) is 0. The smallest absolute Gasteiger partial charge is 0.335 e. The maximum atomic E-state index is 12.2. The van der Waals surface area contributed by atoms with Gasteiger partial charge in [-0.3, -0.25) is 10.1 Å². The SMILES string of the molecule is O=C(NC(=O)C(Cl)(Cl)Cl)n1c(O)cc2cc(-c3ccco3)ccc21. The molecule has 0 fully saturated rings. The van der Waals surface area contributed by atoms with Gasteiger partial charge in [0.2, 0.25) is 0 Å². The van der Waals surface area contributed by atoms with Gasteiger partial charge in [-0.15, -0.1) is 0 Å². The van der Waals surface area contributed by atoms with Crippen LogP contribution in [0, 0.1) is 0 Å². The minimum Gasteiger partial charge on any atom is -0.494 e. The van der Waals surface area contributed by atoms with Gasteiger partial charge in [0.15, 0.2) is 5.88 Å². The standard InChI is InChI=1S/C15H9Cl3N2O4/c16-15(17,18)13(22)19-14(23)20-10-4-3-8(11-2-1-5-24-11)6-9(10)7-12(20)21/h1-7,21H,(H,19,22,23). The molecule has 3 rings (SSSR count). The van der Waals surface area contributed by atoms with Crippen LogP contribution in [0.3, 0.4) is 0 Å². The number of carbonyl (C=O) groups excluding carboxylic acids is 2. The van der Waals surface area contributed by atoms with Crippen molar-refractivity contribution in [3.05, 3.63) is 42.7 Å². The highest BCUT2D eigenvalue weighted by Gasteiger charge is 2.33. The number of aromatic nitrogens is 1. The summed E-state index contributed by atoms with van der Waals surface area (Å²) in [5, 5.41) is 12.5. The maximum absolute atomic E-state index is 12.2. The second-order valence-corrected chi connectivity index (χ2v) is 7.13. The first kappa shape index (κ1) is 16.7. The Bertz CT molecular complexity index is 926. The molecule has 0 atom stereocenters. The van der Waals surface area contributed by atoms with Gasteiger partial charge in [0.1, 0.15) is 5.76 Å². The Morgan fingerprint density at radius 3 is 2.54 bits per heavy atom. The largest absolute Gasteiger partial charge is 0.494 e. The molecule has 0 radical (unpaired) electrons. The molecule has 2 aromatic heterocycles. The van der Waals surface area contributed by atoms with E-state index < -0.39 is 15.7 Å². The molecule has 0 bridgehead atoms. The summed E-state index contributed by atoms with van der Waals surface area (Å²) in [6.07, 6.45) is 1.54. The van der Waals surface area contributed by atoms with Crippen LogP contribution in [0.25, 0.3) is 22.2 Å². The third kappa shape index (κ3) is 3.08. The highest BCUT2D eigenvalue weighted by atomic mass is 35.6. The normalized spacial score (nSPS) is 11.6. The molecule has 2 heterocycles. The number of imide groups is 1. The third-order valence-electron chi connectivity index (χ3n) is 3.27. The summed E-state index contributed by atoms with van der Waals surface area (Å²) in [5.41, 5.74) is 1.14. The summed E-state index contributed by atoms with van der Waals surface area (Å²) >= 11 is 16.2. The Morgan fingerprint density at radius 2 is 1.92 bits per heavy atom. The lowest BCUT2D eigenvalue weighted by atomic mass is 10.1. The fraction of sp³-hybridized carbons (Fsp3) is 0.0667. The number of halogens is 3. The molecule has 2 amide bonds. The molecule has 2 N–H and O–H groups in total. The predicted molar refractivity (Wildman–Crippen MR) is 90.5 cm³/mol. The molecule has 0 saturated heterocycles. The minimum atomic E-state index is -2.29. The van der Waals surface area contributed by atoms with Gasteiger partial charge in [0.25, 0.3) is 9.70 Å². The van der Waals surface area contributed by atoms with E-state index in [-0.39, 0.29) is 5.88 Å². The van der Waals surface area contributed by atoms with E-state index in [1.54, 1.807) is 30.3 Å². The predicted octanol–water partition coefficient (Wildman–Crippen LogP) is 4.06. The first-order valence-electron chi connectivity index (χ1n) is 6.58.